The topological polar surface area (TPSA) is 41.6 Å². The van der Waals surface area contributed by atoms with E-state index in [2.05, 4.69) is 38.0 Å². The SMILES string of the molecule is CCNC(CN(C)C(C)CC(C)C)C(=O)OCC. The molecule has 0 aliphatic rings. The van der Waals surface area contributed by atoms with Crippen LogP contribution in [0.15, 0.2) is 0 Å². The Morgan fingerprint density at radius 3 is 2.33 bits per heavy atom. The molecule has 0 fully saturated rings. The summed E-state index contributed by atoms with van der Waals surface area (Å²) in [7, 11) is 2.07. The Labute approximate surface area is 112 Å². The summed E-state index contributed by atoms with van der Waals surface area (Å²) >= 11 is 0. The summed E-state index contributed by atoms with van der Waals surface area (Å²) in [6, 6.07) is 0.246. The van der Waals surface area contributed by atoms with Gasteiger partial charge >= 0.3 is 5.97 Å². The number of carbonyl (C=O) groups excluding carboxylic acids is 1. The lowest BCUT2D eigenvalue weighted by Crippen LogP contribution is -2.48. The summed E-state index contributed by atoms with van der Waals surface area (Å²) in [5, 5.41) is 3.19. The molecule has 0 aliphatic heterocycles. The van der Waals surface area contributed by atoms with Gasteiger partial charge in [0.1, 0.15) is 6.04 Å². The number of hydrogen-bond donors (Lipinski definition) is 1. The summed E-state index contributed by atoms with van der Waals surface area (Å²) in [5.74, 6) is 0.519. The molecule has 4 heteroatoms. The van der Waals surface area contributed by atoms with Gasteiger partial charge in [0.25, 0.3) is 0 Å². The number of nitrogens with one attached hydrogen (secondary N) is 1. The van der Waals surface area contributed by atoms with Crippen LogP contribution in [0.4, 0.5) is 0 Å². The van der Waals surface area contributed by atoms with E-state index >= 15 is 0 Å². The first kappa shape index (κ1) is 17.4. The van der Waals surface area contributed by atoms with E-state index in [9.17, 15) is 4.79 Å². The van der Waals surface area contributed by atoms with Gasteiger partial charge in [-0.1, -0.05) is 20.8 Å². The Kier molecular flexibility index (Phi) is 9.02. The number of hydrogen-bond acceptors (Lipinski definition) is 4. The zero-order valence-corrected chi connectivity index (χ0v) is 12.8. The second-order valence-corrected chi connectivity index (χ2v) is 5.28. The first-order valence-corrected chi connectivity index (χ1v) is 7.02. The van der Waals surface area contributed by atoms with E-state index in [1.807, 2.05) is 13.8 Å². The zero-order valence-electron chi connectivity index (χ0n) is 12.8. The van der Waals surface area contributed by atoms with Gasteiger partial charge in [-0.15, -0.1) is 0 Å². The molecule has 0 saturated carbocycles. The third-order valence-electron chi connectivity index (χ3n) is 3.06. The lowest BCUT2D eigenvalue weighted by Gasteiger charge is -2.29. The molecule has 0 amide bonds. The summed E-state index contributed by atoms with van der Waals surface area (Å²) in [4.78, 5) is 14.0. The van der Waals surface area contributed by atoms with Gasteiger partial charge < -0.3 is 15.0 Å². The fourth-order valence-electron chi connectivity index (χ4n) is 2.04. The maximum atomic E-state index is 11.8. The zero-order chi connectivity index (χ0) is 14.1. The van der Waals surface area contributed by atoms with Gasteiger partial charge in [0.15, 0.2) is 0 Å². The summed E-state index contributed by atoms with van der Waals surface area (Å²) < 4.78 is 5.09. The minimum Gasteiger partial charge on any atom is -0.465 e. The van der Waals surface area contributed by atoms with E-state index in [1.165, 1.54) is 0 Å². The van der Waals surface area contributed by atoms with Crippen LogP contribution < -0.4 is 5.32 Å². The van der Waals surface area contributed by atoms with Crippen LogP contribution in [0.25, 0.3) is 0 Å². The Bertz CT molecular complexity index is 232. The molecule has 2 atom stereocenters. The predicted molar refractivity (Wildman–Crippen MR) is 75.6 cm³/mol. The van der Waals surface area contributed by atoms with Gasteiger partial charge in [0, 0.05) is 12.6 Å². The highest BCUT2D eigenvalue weighted by atomic mass is 16.5. The molecule has 0 radical (unpaired) electrons. The Morgan fingerprint density at radius 1 is 1.28 bits per heavy atom. The smallest absolute Gasteiger partial charge is 0.324 e. The molecule has 0 spiro atoms. The molecule has 0 aromatic heterocycles. The third kappa shape index (κ3) is 6.97. The highest BCUT2D eigenvalue weighted by molar-refractivity contribution is 5.76. The normalized spacial score (nSPS) is 14.9. The fourth-order valence-corrected chi connectivity index (χ4v) is 2.04. The molecule has 2 unspecified atom stereocenters. The van der Waals surface area contributed by atoms with Crippen molar-refractivity contribution in [3.63, 3.8) is 0 Å². The number of carbonyl (C=O) groups is 1. The van der Waals surface area contributed by atoms with Crippen molar-refractivity contribution in [2.45, 2.75) is 53.1 Å². The van der Waals surface area contributed by atoms with Crippen LogP contribution in [-0.4, -0.2) is 49.7 Å². The maximum Gasteiger partial charge on any atom is 0.324 e. The molecule has 0 heterocycles. The highest BCUT2D eigenvalue weighted by Gasteiger charge is 2.22. The van der Waals surface area contributed by atoms with Crippen molar-refractivity contribution in [3.8, 4) is 0 Å². The molecule has 0 aromatic rings. The molecule has 0 bridgehead atoms. The maximum absolute atomic E-state index is 11.8. The minimum absolute atomic E-state index is 0.150. The Morgan fingerprint density at radius 2 is 1.89 bits per heavy atom. The first-order chi connectivity index (χ1) is 8.42. The number of esters is 1. The van der Waals surface area contributed by atoms with Crippen molar-refractivity contribution in [1.29, 1.82) is 0 Å². The van der Waals surface area contributed by atoms with E-state index < -0.39 is 0 Å². The van der Waals surface area contributed by atoms with Gasteiger partial charge in [-0.2, -0.15) is 0 Å². The number of rotatable bonds is 9. The van der Waals surface area contributed by atoms with Gasteiger partial charge in [-0.3, -0.25) is 4.79 Å². The van der Waals surface area contributed by atoms with Crippen LogP contribution in [0.5, 0.6) is 0 Å². The summed E-state index contributed by atoms with van der Waals surface area (Å²) in [6.45, 7) is 12.4. The van der Waals surface area contributed by atoms with Crippen LogP contribution in [0.1, 0.15) is 41.0 Å². The molecule has 0 rings (SSSR count). The number of likely N-dealkylation sites (N-methyl/N-ethyl adjacent to an activating group) is 2. The van der Waals surface area contributed by atoms with Gasteiger partial charge in [0.2, 0.25) is 0 Å². The highest BCUT2D eigenvalue weighted by Crippen LogP contribution is 2.10. The van der Waals surface area contributed by atoms with Crippen molar-refractivity contribution < 1.29 is 9.53 Å². The molecular formula is C14H30N2O2. The van der Waals surface area contributed by atoms with Crippen LogP contribution >= 0.6 is 0 Å². The molecule has 108 valence electrons. The van der Waals surface area contributed by atoms with Gasteiger partial charge in [-0.05, 0) is 39.8 Å². The largest absolute Gasteiger partial charge is 0.465 e. The van der Waals surface area contributed by atoms with Crippen LogP contribution in [-0.2, 0) is 9.53 Å². The van der Waals surface area contributed by atoms with E-state index in [-0.39, 0.29) is 12.0 Å². The lowest BCUT2D eigenvalue weighted by molar-refractivity contribution is -0.146. The average molecular weight is 258 g/mol. The average Bonchev–Trinajstić information content (AvgIpc) is 2.27. The monoisotopic (exact) mass is 258 g/mol. The third-order valence-corrected chi connectivity index (χ3v) is 3.06. The van der Waals surface area contributed by atoms with Crippen LogP contribution in [0.3, 0.4) is 0 Å². The van der Waals surface area contributed by atoms with Crippen molar-refractivity contribution in [1.82, 2.24) is 10.2 Å². The lowest BCUT2D eigenvalue weighted by atomic mass is 10.0. The molecular weight excluding hydrogens is 228 g/mol. The number of nitrogens with zero attached hydrogens (tertiary/aromatic N) is 1. The van der Waals surface area contributed by atoms with Crippen LogP contribution in [0.2, 0.25) is 0 Å². The molecule has 0 saturated heterocycles. The second-order valence-electron chi connectivity index (χ2n) is 5.28. The van der Waals surface area contributed by atoms with E-state index in [0.717, 1.165) is 13.0 Å². The van der Waals surface area contributed by atoms with Crippen molar-refractivity contribution in [2.24, 2.45) is 5.92 Å². The van der Waals surface area contributed by atoms with Crippen molar-refractivity contribution >= 4 is 5.97 Å². The Hall–Kier alpha value is -0.610. The molecule has 1 N–H and O–H groups in total. The molecule has 4 nitrogen and oxygen atoms in total. The van der Waals surface area contributed by atoms with Crippen LogP contribution in [0, 0.1) is 5.92 Å². The predicted octanol–water partition coefficient (Wildman–Crippen LogP) is 1.89. The number of ether oxygens (including phenoxy) is 1. The van der Waals surface area contributed by atoms with E-state index in [4.69, 9.17) is 4.74 Å². The van der Waals surface area contributed by atoms with E-state index in [1.54, 1.807) is 0 Å². The van der Waals surface area contributed by atoms with Crippen molar-refractivity contribution in [2.75, 3.05) is 26.7 Å². The molecule has 0 aliphatic carbocycles. The second kappa shape index (κ2) is 9.34. The Balaban J connectivity index is 4.33. The van der Waals surface area contributed by atoms with E-state index in [0.29, 0.717) is 25.1 Å². The standard InChI is InChI=1S/C14H30N2O2/c1-7-15-13(14(17)18-8-2)10-16(6)12(5)9-11(3)4/h11-13,15H,7-10H2,1-6H3. The van der Waals surface area contributed by atoms with Crippen molar-refractivity contribution in [3.05, 3.63) is 0 Å². The molecule has 0 aromatic carbocycles. The minimum atomic E-state index is -0.227. The first-order valence-electron chi connectivity index (χ1n) is 7.02. The summed E-state index contributed by atoms with van der Waals surface area (Å²) in [5.41, 5.74) is 0. The molecule has 18 heavy (non-hydrogen) atoms. The van der Waals surface area contributed by atoms with Gasteiger partial charge in [-0.25, -0.2) is 0 Å². The van der Waals surface area contributed by atoms with Gasteiger partial charge in [0.05, 0.1) is 6.61 Å². The fraction of sp³-hybridized carbons (Fsp3) is 0.929. The quantitative estimate of drug-likeness (QED) is 0.641. The summed E-state index contributed by atoms with van der Waals surface area (Å²) in [6.07, 6.45) is 1.14.